The molecule has 0 aliphatic carbocycles. The summed E-state index contributed by atoms with van der Waals surface area (Å²) in [5.74, 6) is -11.8. The molecule has 78 heavy (non-hydrogen) atoms. The van der Waals surface area contributed by atoms with E-state index in [2.05, 4.69) is 42.2 Å². The lowest BCUT2D eigenvalue weighted by Crippen LogP contribution is -2.62. The molecule has 1 aliphatic rings. The largest absolute Gasteiger partial charge is 0.508 e. The van der Waals surface area contributed by atoms with E-state index in [-0.39, 0.29) is 50.8 Å². The Morgan fingerprint density at radius 2 is 1.14 bits per heavy atom. The van der Waals surface area contributed by atoms with E-state index in [0.717, 1.165) is 18.7 Å². The van der Waals surface area contributed by atoms with Crippen LogP contribution in [0.3, 0.4) is 0 Å². The SMILES string of the molecule is C[C@@H](O)[C@H](NC(=O)[C@H](Cc1c[nH]c2ccccc12)NC(=O)[C@@H]1CCCN1C(=O)[C@@H](NC(=O)[C@H](CO)NC(=O)[C@H](Cc1ccc(O)cc1)NC(=O)[C@H](CO)NC(=O)[C@H](CCC(N)=O)NC(=O)[C@@H](N)CCC(N)=O)[C@@H](C)O)C(=O)O. The zero-order valence-electron chi connectivity index (χ0n) is 42.7. The Morgan fingerprint density at radius 1 is 0.641 bits per heavy atom. The molecule has 2 heterocycles. The molecule has 1 saturated heterocycles. The van der Waals surface area contributed by atoms with Gasteiger partial charge in [0.15, 0.2) is 6.04 Å². The van der Waals surface area contributed by atoms with Crippen LogP contribution in [-0.4, -0.2) is 192 Å². The lowest BCUT2D eigenvalue weighted by Gasteiger charge is -2.32. The minimum atomic E-state index is -1.90. The molecule has 2 aromatic carbocycles. The number of carboxylic acid groups (broad SMARTS) is 1. The third-order valence-corrected chi connectivity index (χ3v) is 12.7. The van der Waals surface area contributed by atoms with Gasteiger partial charge in [-0.15, -0.1) is 0 Å². The Kier molecular flexibility index (Phi) is 23.4. The molecular formula is C49H68N12O17. The fraction of sp³-hybridized carbons (Fsp3) is 0.490. The van der Waals surface area contributed by atoms with Crippen LogP contribution in [0.2, 0.25) is 0 Å². The summed E-state index contributed by atoms with van der Waals surface area (Å²) < 4.78 is 0. The first-order chi connectivity index (χ1) is 36.8. The lowest BCUT2D eigenvalue weighted by molar-refractivity contribution is -0.146. The number of aliphatic carboxylic acids is 1. The summed E-state index contributed by atoms with van der Waals surface area (Å²) in [6.45, 7) is -0.0316. The smallest absolute Gasteiger partial charge is 0.328 e. The average Bonchev–Trinajstić information content (AvgIpc) is 4.06. The summed E-state index contributed by atoms with van der Waals surface area (Å²) in [5, 5.41) is 78.0. The molecule has 29 heteroatoms. The number of phenols is 1. The number of benzene rings is 2. The normalized spacial score (nSPS) is 17.0. The van der Waals surface area contributed by atoms with Gasteiger partial charge in [0, 0.05) is 49.3 Å². The third-order valence-electron chi connectivity index (χ3n) is 12.7. The Hall–Kier alpha value is -8.25. The number of carboxylic acids is 1. The molecule has 426 valence electrons. The molecule has 29 nitrogen and oxygen atoms in total. The second-order valence-electron chi connectivity index (χ2n) is 18.7. The standard InChI is InChI=1S/C49H68N12O17/c1-23(64)39(48(76)61-17-5-8-36(61)47(75)56-33(44(72)60-40(24(2)65)49(77)78)19-26-20-53-30-7-4-3-6-28(26)30)59-46(74)35(22-63)58-43(71)32(18-25-9-11-27(66)12-10-25)55-45(73)34(21-62)57-42(70)31(14-16-38(52)68)54-41(69)29(50)13-15-37(51)67/h3-4,6-7,9-12,20,23-24,29,31-36,39-40,53,62-66H,5,8,13-19,21-22,50H2,1-2H3,(H2,51,67)(H2,52,68)(H,54,69)(H,55,73)(H,56,75)(H,57,70)(H,58,71)(H,59,74)(H,60,72)(H,77,78)/t23-,24-,29+,31+,32+,33+,34+,35+,36+,39+,40+/m1/s1. The number of aromatic nitrogens is 1. The molecule has 10 amide bonds. The first-order valence-corrected chi connectivity index (χ1v) is 24.7. The monoisotopic (exact) mass is 1100 g/mol. The van der Waals surface area contributed by atoms with Crippen molar-refractivity contribution in [2.75, 3.05) is 19.8 Å². The van der Waals surface area contributed by atoms with Gasteiger partial charge < -0.3 is 94.9 Å². The van der Waals surface area contributed by atoms with Crippen LogP contribution in [0.15, 0.2) is 54.7 Å². The van der Waals surface area contributed by atoms with Gasteiger partial charge in [-0.25, -0.2) is 4.79 Å². The summed E-state index contributed by atoms with van der Waals surface area (Å²) in [6, 6.07) is -2.38. The Morgan fingerprint density at radius 3 is 1.72 bits per heavy atom. The lowest BCUT2D eigenvalue weighted by atomic mass is 10.0. The second-order valence-corrected chi connectivity index (χ2v) is 18.7. The minimum Gasteiger partial charge on any atom is -0.508 e. The number of hydrogen-bond acceptors (Lipinski definition) is 17. The van der Waals surface area contributed by atoms with Crippen LogP contribution in [0.25, 0.3) is 10.9 Å². The number of phenolic OH excluding ortho intramolecular Hbond substituents is 1. The van der Waals surface area contributed by atoms with Gasteiger partial charge in [-0.05, 0) is 68.9 Å². The number of fused-ring (bicyclic) bond motifs is 1. The predicted molar refractivity (Wildman–Crippen MR) is 272 cm³/mol. The van der Waals surface area contributed by atoms with Crippen molar-refractivity contribution < 1.29 is 83.4 Å². The van der Waals surface area contributed by atoms with Crippen LogP contribution < -0.4 is 54.4 Å². The quantitative estimate of drug-likeness (QED) is 0.0295. The molecule has 1 aliphatic heterocycles. The highest BCUT2D eigenvalue weighted by Gasteiger charge is 2.42. The molecule has 1 aromatic heterocycles. The molecule has 3 aromatic rings. The average molecular weight is 1100 g/mol. The first-order valence-electron chi connectivity index (χ1n) is 24.7. The Bertz CT molecular complexity index is 2650. The Balaban J connectivity index is 1.51. The van der Waals surface area contributed by atoms with Crippen LogP contribution in [0, 0.1) is 0 Å². The molecule has 11 atom stereocenters. The van der Waals surface area contributed by atoms with Crippen molar-refractivity contribution in [1.82, 2.24) is 47.1 Å². The molecular weight excluding hydrogens is 1030 g/mol. The molecule has 0 bridgehead atoms. The van der Waals surface area contributed by atoms with Gasteiger partial charge in [0.2, 0.25) is 59.1 Å². The van der Waals surface area contributed by atoms with Gasteiger partial charge in [0.05, 0.1) is 31.5 Å². The van der Waals surface area contributed by atoms with Gasteiger partial charge in [-0.1, -0.05) is 30.3 Å². The number of amides is 10. The van der Waals surface area contributed by atoms with Crippen molar-refractivity contribution in [3.8, 4) is 5.75 Å². The van der Waals surface area contributed by atoms with Gasteiger partial charge in [0.1, 0.15) is 48.0 Å². The number of aromatic amines is 1. The zero-order chi connectivity index (χ0) is 58.0. The number of nitrogens with one attached hydrogen (secondary N) is 8. The number of rotatable bonds is 30. The molecule has 0 spiro atoms. The van der Waals surface area contributed by atoms with Crippen molar-refractivity contribution in [1.29, 1.82) is 0 Å². The number of carbonyl (C=O) groups excluding carboxylic acids is 10. The van der Waals surface area contributed by atoms with Crippen molar-refractivity contribution in [3.63, 3.8) is 0 Å². The molecule has 0 saturated carbocycles. The van der Waals surface area contributed by atoms with Crippen molar-refractivity contribution >= 4 is 75.9 Å². The van der Waals surface area contributed by atoms with Crippen LogP contribution in [0.5, 0.6) is 5.75 Å². The topological polar surface area (TPSA) is 490 Å². The van der Waals surface area contributed by atoms with E-state index >= 15 is 0 Å². The molecule has 20 N–H and O–H groups in total. The highest BCUT2D eigenvalue weighted by Crippen LogP contribution is 2.23. The third kappa shape index (κ3) is 17.9. The van der Waals surface area contributed by atoms with Crippen LogP contribution in [0.4, 0.5) is 0 Å². The molecule has 0 radical (unpaired) electrons. The molecule has 0 unspecified atom stereocenters. The van der Waals surface area contributed by atoms with E-state index in [1.54, 1.807) is 30.5 Å². The van der Waals surface area contributed by atoms with E-state index in [1.165, 1.54) is 24.3 Å². The van der Waals surface area contributed by atoms with Crippen molar-refractivity contribution in [2.24, 2.45) is 17.2 Å². The fourth-order valence-electron chi connectivity index (χ4n) is 8.31. The van der Waals surface area contributed by atoms with E-state index in [0.29, 0.717) is 22.0 Å². The number of nitrogens with zero attached hydrogens (tertiary/aromatic N) is 1. The number of aliphatic hydroxyl groups is 4. The minimum absolute atomic E-state index is 0.0377. The maximum atomic E-state index is 14.2. The summed E-state index contributed by atoms with van der Waals surface area (Å²) in [5.41, 5.74) is 17.7. The maximum absolute atomic E-state index is 14.2. The molecule has 4 rings (SSSR count). The van der Waals surface area contributed by atoms with Crippen molar-refractivity contribution in [2.45, 2.75) is 132 Å². The number of nitrogens with two attached hydrogens (primary N) is 3. The second kappa shape index (κ2) is 29.3. The highest BCUT2D eigenvalue weighted by molar-refractivity contribution is 5.99. The number of aromatic hydroxyl groups is 1. The number of likely N-dealkylation sites (tertiary alicyclic amines) is 1. The Labute approximate surface area is 445 Å². The number of primary amides is 2. The number of para-hydroxylation sites is 1. The van der Waals surface area contributed by atoms with Gasteiger partial charge in [0.25, 0.3) is 0 Å². The summed E-state index contributed by atoms with van der Waals surface area (Å²) in [6.07, 6.45) is -3.23. The fourth-order valence-corrected chi connectivity index (χ4v) is 8.31. The maximum Gasteiger partial charge on any atom is 0.328 e. The highest BCUT2D eigenvalue weighted by atomic mass is 16.4. The predicted octanol–water partition coefficient (Wildman–Crippen LogP) is -6.27. The number of H-pyrrole nitrogens is 1. The zero-order valence-corrected chi connectivity index (χ0v) is 42.7. The van der Waals surface area contributed by atoms with Crippen LogP contribution in [0.1, 0.15) is 63.5 Å². The molecule has 1 fully saturated rings. The van der Waals surface area contributed by atoms with Gasteiger partial charge >= 0.3 is 5.97 Å². The van der Waals surface area contributed by atoms with Gasteiger partial charge in [-0.2, -0.15) is 0 Å². The van der Waals surface area contributed by atoms with Crippen LogP contribution >= 0.6 is 0 Å². The van der Waals surface area contributed by atoms with E-state index < -0.39 is 158 Å². The van der Waals surface area contributed by atoms with Crippen molar-refractivity contribution in [3.05, 3.63) is 65.9 Å². The summed E-state index contributed by atoms with van der Waals surface area (Å²) in [7, 11) is 0. The van der Waals surface area contributed by atoms with E-state index in [1.807, 2.05) is 0 Å². The van der Waals surface area contributed by atoms with Crippen LogP contribution in [-0.2, 0) is 65.6 Å². The number of carbonyl (C=O) groups is 11. The van der Waals surface area contributed by atoms with Gasteiger partial charge in [-0.3, -0.25) is 47.9 Å². The first kappa shape index (κ1) is 62.3. The number of aliphatic hydroxyl groups excluding tert-OH is 4. The van der Waals surface area contributed by atoms with E-state index in [4.69, 9.17) is 17.2 Å². The number of hydrogen-bond donors (Lipinski definition) is 17. The summed E-state index contributed by atoms with van der Waals surface area (Å²) in [4.78, 5) is 149. The summed E-state index contributed by atoms with van der Waals surface area (Å²) >= 11 is 0. The van der Waals surface area contributed by atoms with E-state index in [9.17, 15) is 83.4 Å².